The first-order chi connectivity index (χ1) is 9.08. The number of carbonyl (C=O) groups is 3. The van der Waals surface area contributed by atoms with E-state index in [-0.39, 0.29) is 12.3 Å². The van der Waals surface area contributed by atoms with Crippen molar-refractivity contribution in [3.8, 4) is 0 Å². The molecule has 1 saturated heterocycles. The predicted octanol–water partition coefficient (Wildman–Crippen LogP) is -0.927. The molecule has 1 aliphatic rings. The van der Waals surface area contributed by atoms with Crippen LogP contribution in [0.15, 0.2) is 0 Å². The number of hydrogen-bond acceptors (Lipinski definition) is 6. The minimum absolute atomic E-state index is 0.0869. The van der Waals surface area contributed by atoms with Gasteiger partial charge in [0.25, 0.3) is 0 Å². The molecule has 2 atom stereocenters. The zero-order valence-corrected chi connectivity index (χ0v) is 12.4. The highest BCUT2D eigenvalue weighted by Gasteiger charge is 2.43. The molecule has 1 unspecified atom stereocenters. The summed E-state index contributed by atoms with van der Waals surface area (Å²) in [6.45, 7) is 6.93. The number of likely N-dealkylation sites (N-methyl/N-ethyl adjacent to an activating group) is 1. The van der Waals surface area contributed by atoms with Gasteiger partial charge in [-0.2, -0.15) is 0 Å². The summed E-state index contributed by atoms with van der Waals surface area (Å²) in [4.78, 5) is 35.8. The Morgan fingerprint density at radius 1 is 1.55 bits per heavy atom. The van der Waals surface area contributed by atoms with Gasteiger partial charge in [-0.1, -0.05) is 0 Å². The molecule has 114 valence electrons. The second-order valence-electron chi connectivity index (χ2n) is 5.98. The van der Waals surface area contributed by atoms with Crippen LogP contribution in [-0.2, 0) is 19.1 Å². The molecule has 0 aromatic carbocycles. The molecule has 0 aromatic rings. The zero-order valence-electron chi connectivity index (χ0n) is 12.4. The van der Waals surface area contributed by atoms with Crippen LogP contribution in [0.25, 0.3) is 0 Å². The van der Waals surface area contributed by atoms with Crippen molar-refractivity contribution in [1.29, 1.82) is 0 Å². The maximum Gasteiger partial charge on any atom is 0.344 e. The Hall–Kier alpha value is -1.67. The van der Waals surface area contributed by atoms with Crippen LogP contribution in [0.5, 0.6) is 0 Å². The van der Waals surface area contributed by atoms with Gasteiger partial charge in [0.1, 0.15) is 5.60 Å². The van der Waals surface area contributed by atoms with Crippen LogP contribution in [0.3, 0.4) is 0 Å². The first kappa shape index (κ1) is 16.4. The topological polar surface area (TPSA) is 99.8 Å². The predicted molar refractivity (Wildman–Crippen MR) is 70.9 cm³/mol. The quantitative estimate of drug-likeness (QED) is 0.351. The third-order valence-electron chi connectivity index (χ3n) is 2.78. The van der Waals surface area contributed by atoms with E-state index in [0.717, 1.165) is 0 Å². The van der Waals surface area contributed by atoms with E-state index in [2.05, 4.69) is 16.2 Å². The lowest BCUT2D eigenvalue weighted by atomic mass is 10.0. The molecule has 2 amide bonds. The van der Waals surface area contributed by atoms with E-state index in [9.17, 15) is 14.4 Å². The summed E-state index contributed by atoms with van der Waals surface area (Å²) < 4.78 is 5.28. The first-order valence-corrected chi connectivity index (χ1v) is 6.30. The van der Waals surface area contributed by atoms with Gasteiger partial charge in [0.15, 0.2) is 6.17 Å². The SMILES string of the molecule is CN1C(=O)CC(C)(NNC=O)N[C@@H]1C(=O)OC(C)(C)C. The van der Waals surface area contributed by atoms with Crippen molar-refractivity contribution in [2.24, 2.45) is 0 Å². The summed E-state index contributed by atoms with van der Waals surface area (Å²) in [7, 11) is 1.52. The third kappa shape index (κ3) is 4.17. The number of nitrogens with zero attached hydrogens (tertiary/aromatic N) is 1. The molecule has 1 heterocycles. The second-order valence-corrected chi connectivity index (χ2v) is 5.98. The highest BCUT2D eigenvalue weighted by atomic mass is 16.6. The molecule has 8 nitrogen and oxygen atoms in total. The summed E-state index contributed by atoms with van der Waals surface area (Å²) in [5.74, 6) is -0.783. The van der Waals surface area contributed by atoms with Crippen molar-refractivity contribution in [1.82, 2.24) is 21.1 Å². The van der Waals surface area contributed by atoms with Crippen molar-refractivity contribution in [2.45, 2.75) is 51.5 Å². The molecule has 0 aromatic heterocycles. The fraction of sp³-hybridized carbons (Fsp3) is 0.750. The van der Waals surface area contributed by atoms with Crippen LogP contribution in [0.1, 0.15) is 34.1 Å². The summed E-state index contributed by atoms with van der Waals surface area (Å²) in [6, 6.07) is 0. The summed E-state index contributed by atoms with van der Waals surface area (Å²) >= 11 is 0. The molecular formula is C12H22N4O4. The van der Waals surface area contributed by atoms with Crippen LogP contribution >= 0.6 is 0 Å². The standard InChI is InChI=1S/C12H22N4O4/c1-11(2,3)20-10(19)9-14-12(4,15-13-7-17)6-8(18)16(9)5/h7,9,14-15H,6H2,1-5H3,(H,13,17)/t9-,12?/m0/s1. The van der Waals surface area contributed by atoms with Crippen molar-refractivity contribution in [2.75, 3.05) is 7.05 Å². The number of hydrazine groups is 1. The van der Waals surface area contributed by atoms with Gasteiger partial charge < -0.3 is 9.64 Å². The number of carbonyl (C=O) groups excluding carboxylic acids is 3. The zero-order chi connectivity index (χ0) is 15.6. The summed E-state index contributed by atoms with van der Waals surface area (Å²) in [6.07, 6.45) is -0.372. The highest BCUT2D eigenvalue weighted by Crippen LogP contribution is 2.19. The second kappa shape index (κ2) is 5.76. The number of amides is 2. The van der Waals surface area contributed by atoms with E-state index in [1.807, 2.05) is 0 Å². The Balaban J connectivity index is 2.85. The molecule has 20 heavy (non-hydrogen) atoms. The van der Waals surface area contributed by atoms with E-state index in [1.165, 1.54) is 11.9 Å². The first-order valence-electron chi connectivity index (χ1n) is 6.30. The van der Waals surface area contributed by atoms with Gasteiger partial charge in [-0.3, -0.25) is 20.3 Å². The molecule has 0 spiro atoms. The van der Waals surface area contributed by atoms with Gasteiger partial charge in [0.2, 0.25) is 12.3 Å². The van der Waals surface area contributed by atoms with E-state index < -0.39 is 23.4 Å². The Labute approximate surface area is 118 Å². The maximum absolute atomic E-state index is 12.1. The Kier molecular flexibility index (Phi) is 4.72. The summed E-state index contributed by atoms with van der Waals surface area (Å²) in [5.41, 5.74) is 3.38. The Bertz CT molecular complexity index is 407. The fourth-order valence-electron chi connectivity index (χ4n) is 1.86. The van der Waals surface area contributed by atoms with E-state index in [0.29, 0.717) is 6.41 Å². The number of nitrogens with one attached hydrogen (secondary N) is 3. The molecule has 0 bridgehead atoms. The van der Waals surface area contributed by atoms with Gasteiger partial charge in [0, 0.05) is 7.05 Å². The minimum Gasteiger partial charge on any atom is -0.457 e. The molecule has 1 fully saturated rings. The van der Waals surface area contributed by atoms with Crippen molar-refractivity contribution >= 4 is 18.3 Å². The van der Waals surface area contributed by atoms with Crippen LogP contribution in [0.2, 0.25) is 0 Å². The van der Waals surface area contributed by atoms with E-state index in [4.69, 9.17) is 4.74 Å². The average molecular weight is 286 g/mol. The number of ether oxygens (including phenoxy) is 1. The lowest BCUT2D eigenvalue weighted by Crippen LogP contribution is -2.72. The molecule has 3 N–H and O–H groups in total. The minimum atomic E-state index is -0.925. The monoisotopic (exact) mass is 286 g/mol. The number of esters is 1. The molecule has 1 rings (SSSR count). The maximum atomic E-state index is 12.1. The molecular weight excluding hydrogens is 264 g/mol. The Morgan fingerprint density at radius 3 is 2.65 bits per heavy atom. The van der Waals surface area contributed by atoms with E-state index >= 15 is 0 Å². The van der Waals surface area contributed by atoms with Gasteiger partial charge in [0.05, 0.1) is 12.1 Å². The van der Waals surface area contributed by atoms with Crippen molar-refractivity contribution in [3.05, 3.63) is 0 Å². The molecule has 0 saturated carbocycles. The lowest BCUT2D eigenvalue weighted by Gasteiger charge is -2.43. The fourth-order valence-corrected chi connectivity index (χ4v) is 1.86. The van der Waals surface area contributed by atoms with Crippen LogP contribution in [0.4, 0.5) is 0 Å². The molecule has 1 aliphatic heterocycles. The average Bonchev–Trinajstić information content (AvgIpc) is 2.29. The van der Waals surface area contributed by atoms with Crippen molar-refractivity contribution in [3.63, 3.8) is 0 Å². The van der Waals surface area contributed by atoms with Gasteiger partial charge in [-0.15, -0.1) is 0 Å². The van der Waals surface area contributed by atoms with Gasteiger partial charge >= 0.3 is 5.97 Å². The molecule has 0 radical (unpaired) electrons. The third-order valence-corrected chi connectivity index (χ3v) is 2.78. The number of hydrogen-bond donors (Lipinski definition) is 3. The number of rotatable bonds is 4. The van der Waals surface area contributed by atoms with Crippen molar-refractivity contribution < 1.29 is 19.1 Å². The normalized spacial score (nSPS) is 27.1. The largest absolute Gasteiger partial charge is 0.457 e. The van der Waals surface area contributed by atoms with Crippen LogP contribution in [0, 0.1) is 0 Å². The lowest BCUT2D eigenvalue weighted by molar-refractivity contribution is -0.170. The van der Waals surface area contributed by atoms with Gasteiger partial charge in [-0.05, 0) is 27.7 Å². The Morgan fingerprint density at radius 2 is 2.15 bits per heavy atom. The molecule has 0 aliphatic carbocycles. The summed E-state index contributed by atoms with van der Waals surface area (Å²) in [5, 5.41) is 2.97. The van der Waals surface area contributed by atoms with Crippen LogP contribution in [-0.4, -0.2) is 47.7 Å². The highest BCUT2D eigenvalue weighted by molar-refractivity contribution is 5.86. The van der Waals surface area contributed by atoms with E-state index in [1.54, 1.807) is 27.7 Å². The van der Waals surface area contributed by atoms with Gasteiger partial charge in [-0.25, -0.2) is 10.2 Å². The smallest absolute Gasteiger partial charge is 0.344 e. The molecule has 8 heteroatoms. The van der Waals surface area contributed by atoms with Crippen LogP contribution < -0.4 is 16.2 Å².